The molecular formula is C13H27N. The molecule has 0 spiro atoms. The summed E-state index contributed by atoms with van der Waals surface area (Å²) in [6.07, 6.45) is 5.59. The summed E-state index contributed by atoms with van der Waals surface area (Å²) >= 11 is 0. The van der Waals surface area contributed by atoms with Crippen molar-refractivity contribution in [3.63, 3.8) is 0 Å². The molecule has 84 valence electrons. The first kappa shape index (κ1) is 12.0. The van der Waals surface area contributed by atoms with E-state index in [1.165, 1.54) is 38.8 Å². The summed E-state index contributed by atoms with van der Waals surface area (Å²) in [5.74, 6) is 2.91. The van der Waals surface area contributed by atoms with E-state index in [1.54, 1.807) is 0 Å². The fourth-order valence-electron chi connectivity index (χ4n) is 2.96. The highest BCUT2D eigenvalue weighted by Gasteiger charge is 2.26. The van der Waals surface area contributed by atoms with Crippen LogP contribution in [-0.4, -0.2) is 25.0 Å². The first-order chi connectivity index (χ1) is 6.69. The van der Waals surface area contributed by atoms with Crippen LogP contribution < -0.4 is 0 Å². The lowest BCUT2D eigenvalue weighted by Gasteiger charge is -2.36. The molecule has 1 fully saturated rings. The minimum atomic E-state index is 0.924. The fraction of sp³-hybridized carbons (Fsp3) is 1.00. The Morgan fingerprint density at radius 3 is 2.14 bits per heavy atom. The summed E-state index contributed by atoms with van der Waals surface area (Å²) in [6, 6.07) is 0. The molecule has 1 aliphatic heterocycles. The van der Waals surface area contributed by atoms with Crippen LogP contribution in [0.1, 0.15) is 46.5 Å². The number of hydrogen-bond donors (Lipinski definition) is 0. The van der Waals surface area contributed by atoms with Gasteiger partial charge >= 0.3 is 0 Å². The van der Waals surface area contributed by atoms with Gasteiger partial charge in [0.05, 0.1) is 0 Å². The van der Waals surface area contributed by atoms with Gasteiger partial charge in [-0.1, -0.05) is 33.6 Å². The van der Waals surface area contributed by atoms with E-state index in [4.69, 9.17) is 0 Å². The van der Waals surface area contributed by atoms with E-state index in [2.05, 4.69) is 32.7 Å². The Balaban J connectivity index is 2.44. The Kier molecular flexibility index (Phi) is 4.94. The maximum absolute atomic E-state index is 2.47. The SMILES string of the molecule is CCC(C)C(CC)C1CCN(C)CC1. The van der Waals surface area contributed by atoms with Crippen molar-refractivity contribution in [2.45, 2.75) is 46.5 Å². The first-order valence-corrected chi connectivity index (χ1v) is 6.37. The molecule has 1 heterocycles. The van der Waals surface area contributed by atoms with Gasteiger partial charge in [-0.05, 0) is 50.7 Å². The summed E-state index contributed by atoms with van der Waals surface area (Å²) in [4.78, 5) is 2.47. The van der Waals surface area contributed by atoms with Gasteiger partial charge in [0.25, 0.3) is 0 Å². The maximum atomic E-state index is 2.47. The predicted molar refractivity (Wildman–Crippen MR) is 63.5 cm³/mol. The lowest BCUT2D eigenvalue weighted by molar-refractivity contribution is 0.132. The molecule has 1 rings (SSSR count). The van der Waals surface area contributed by atoms with Gasteiger partial charge in [-0.25, -0.2) is 0 Å². The number of rotatable bonds is 4. The van der Waals surface area contributed by atoms with E-state index in [-0.39, 0.29) is 0 Å². The van der Waals surface area contributed by atoms with E-state index < -0.39 is 0 Å². The van der Waals surface area contributed by atoms with Crippen LogP contribution in [0.25, 0.3) is 0 Å². The smallest absolute Gasteiger partial charge is 0.00190 e. The van der Waals surface area contributed by atoms with Crippen LogP contribution in [0.5, 0.6) is 0 Å². The van der Waals surface area contributed by atoms with Crippen LogP contribution in [0.15, 0.2) is 0 Å². The van der Waals surface area contributed by atoms with Crippen molar-refractivity contribution in [3.05, 3.63) is 0 Å². The minimum absolute atomic E-state index is 0.924. The van der Waals surface area contributed by atoms with Gasteiger partial charge in [-0.15, -0.1) is 0 Å². The average Bonchev–Trinajstić information content (AvgIpc) is 2.21. The van der Waals surface area contributed by atoms with Crippen molar-refractivity contribution in [2.75, 3.05) is 20.1 Å². The number of nitrogens with zero attached hydrogens (tertiary/aromatic N) is 1. The van der Waals surface area contributed by atoms with Crippen LogP contribution in [0.2, 0.25) is 0 Å². The summed E-state index contributed by atoms with van der Waals surface area (Å²) in [7, 11) is 2.25. The van der Waals surface area contributed by atoms with E-state index >= 15 is 0 Å². The third-order valence-electron chi connectivity index (χ3n) is 4.21. The quantitative estimate of drug-likeness (QED) is 0.667. The topological polar surface area (TPSA) is 3.24 Å². The number of piperidine rings is 1. The van der Waals surface area contributed by atoms with Crippen LogP contribution in [-0.2, 0) is 0 Å². The zero-order valence-corrected chi connectivity index (χ0v) is 10.4. The third kappa shape index (κ3) is 2.98. The fourth-order valence-corrected chi connectivity index (χ4v) is 2.96. The average molecular weight is 197 g/mol. The van der Waals surface area contributed by atoms with Crippen molar-refractivity contribution in [2.24, 2.45) is 17.8 Å². The zero-order valence-electron chi connectivity index (χ0n) is 10.4. The molecule has 0 radical (unpaired) electrons. The van der Waals surface area contributed by atoms with Crippen molar-refractivity contribution in [1.82, 2.24) is 4.90 Å². The molecular weight excluding hydrogens is 170 g/mol. The Morgan fingerprint density at radius 2 is 1.71 bits per heavy atom. The van der Waals surface area contributed by atoms with Crippen LogP contribution in [0.4, 0.5) is 0 Å². The Morgan fingerprint density at radius 1 is 1.14 bits per heavy atom. The molecule has 1 saturated heterocycles. The predicted octanol–water partition coefficient (Wildman–Crippen LogP) is 3.40. The highest BCUT2D eigenvalue weighted by atomic mass is 15.1. The van der Waals surface area contributed by atoms with Crippen molar-refractivity contribution >= 4 is 0 Å². The molecule has 2 unspecified atom stereocenters. The maximum Gasteiger partial charge on any atom is -0.00190 e. The molecule has 0 aromatic heterocycles. The molecule has 1 aliphatic rings. The molecule has 1 heteroatoms. The summed E-state index contributed by atoms with van der Waals surface area (Å²) in [6.45, 7) is 9.78. The molecule has 0 aromatic carbocycles. The molecule has 0 bridgehead atoms. The molecule has 0 aromatic rings. The van der Waals surface area contributed by atoms with Crippen molar-refractivity contribution in [3.8, 4) is 0 Å². The number of hydrogen-bond acceptors (Lipinski definition) is 1. The normalized spacial score (nSPS) is 24.9. The molecule has 14 heavy (non-hydrogen) atoms. The third-order valence-corrected chi connectivity index (χ3v) is 4.21. The van der Waals surface area contributed by atoms with Gasteiger partial charge in [0, 0.05) is 0 Å². The van der Waals surface area contributed by atoms with E-state index in [9.17, 15) is 0 Å². The first-order valence-electron chi connectivity index (χ1n) is 6.37. The number of likely N-dealkylation sites (tertiary alicyclic amines) is 1. The van der Waals surface area contributed by atoms with Gasteiger partial charge < -0.3 is 4.90 Å². The molecule has 1 nitrogen and oxygen atoms in total. The van der Waals surface area contributed by atoms with Gasteiger partial charge in [0.15, 0.2) is 0 Å². The largest absolute Gasteiger partial charge is 0.306 e. The van der Waals surface area contributed by atoms with Crippen molar-refractivity contribution < 1.29 is 0 Å². The summed E-state index contributed by atoms with van der Waals surface area (Å²) in [5, 5.41) is 0. The molecule has 0 N–H and O–H groups in total. The van der Waals surface area contributed by atoms with Crippen molar-refractivity contribution in [1.29, 1.82) is 0 Å². The highest BCUT2D eigenvalue weighted by Crippen LogP contribution is 2.33. The standard InChI is InChI=1S/C13H27N/c1-5-11(3)13(6-2)12-7-9-14(4)10-8-12/h11-13H,5-10H2,1-4H3. The van der Waals surface area contributed by atoms with Gasteiger partial charge in [0.1, 0.15) is 0 Å². The van der Waals surface area contributed by atoms with Crippen LogP contribution >= 0.6 is 0 Å². The Labute approximate surface area is 89.9 Å². The summed E-state index contributed by atoms with van der Waals surface area (Å²) < 4.78 is 0. The molecule has 0 amide bonds. The van der Waals surface area contributed by atoms with Gasteiger partial charge in [0.2, 0.25) is 0 Å². The molecule has 0 saturated carbocycles. The minimum Gasteiger partial charge on any atom is -0.306 e. The van der Waals surface area contributed by atoms with Gasteiger partial charge in [-0.2, -0.15) is 0 Å². The molecule has 0 aliphatic carbocycles. The van der Waals surface area contributed by atoms with E-state index in [0.717, 1.165) is 17.8 Å². The lowest BCUT2D eigenvalue weighted by atomic mass is 9.75. The second-order valence-electron chi connectivity index (χ2n) is 5.10. The Bertz CT molecular complexity index is 147. The summed E-state index contributed by atoms with van der Waals surface area (Å²) in [5.41, 5.74) is 0. The zero-order chi connectivity index (χ0) is 10.6. The lowest BCUT2D eigenvalue weighted by Crippen LogP contribution is -2.35. The Hall–Kier alpha value is -0.0400. The van der Waals surface area contributed by atoms with Gasteiger partial charge in [-0.3, -0.25) is 0 Å². The monoisotopic (exact) mass is 197 g/mol. The van der Waals surface area contributed by atoms with Crippen LogP contribution in [0.3, 0.4) is 0 Å². The second-order valence-corrected chi connectivity index (χ2v) is 5.10. The van der Waals surface area contributed by atoms with E-state index in [0.29, 0.717) is 0 Å². The molecule has 2 atom stereocenters. The van der Waals surface area contributed by atoms with E-state index in [1.807, 2.05) is 0 Å². The van der Waals surface area contributed by atoms with Crippen LogP contribution in [0, 0.1) is 17.8 Å². The second kappa shape index (κ2) is 5.75. The highest BCUT2D eigenvalue weighted by molar-refractivity contribution is 4.78.